The van der Waals surface area contributed by atoms with Gasteiger partial charge in [0.05, 0.1) is 23.8 Å². The lowest BCUT2D eigenvalue weighted by molar-refractivity contribution is 0.112. The molecule has 5 aromatic rings. The molecule has 0 aliphatic carbocycles. The number of halogens is 1. The van der Waals surface area contributed by atoms with Crippen LogP contribution in [-0.2, 0) is 0 Å². The summed E-state index contributed by atoms with van der Waals surface area (Å²) >= 11 is 0. The molecular weight excluding hydrogens is 433 g/mol. The number of aliphatic hydroxyl groups is 1. The maximum atomic E-state index is 13.8. The molecule has 0 spiro atoms. The maximum absolute atomic E-state index is 13.8. The van der Waals surface area contributed by atoms with Crippen LogP contribution in [0.2, 0.25) is 0 Å². The van der Waals surface area contributed by atoms with Crippen molar-refractivity contribution in [1.29, 1.82) is 0 Å². The molecule has 172 valence electrons. The summed E-state index contributed by atoms with van der Waals surface area (Å²) < 4.78 is 21.8. The van der Waals surface area contributed by atoms with E-state index in [1.165, 1.54) is 12.1 Å². The van der Waals surface area contributed by atoms with Gasteiger partial charge in [-0.15, -0.1) is 0 Å². The monoisotopic (exact) mass is 457 g/mol. The molecular formula is C27H24FN3O3. The number of carbonyl (C=O) groups is 1. The second kappa shape index (κ2) is 8.76. The lowest BCUT2D eigenvalue weighted by atomic mass is 9.95. The Morgan fingerprint density at radius 3 is 2.65 bits per heavy atom. The Morgan fingerprint density at radius 1 is 1.15 bits per heavy atom. The highest BCUT2D eigenvalue weighted by Crippen LogP contribution is 2.45. The third kappa shape index (κ3) is 3.64. The minimum Gasteiger partial charge on any atom is -0.491 e. The molecule has 0 fully saturated rings. The molecule has 2 aromatic heterocycles. The Bertz CT molecular complexity index is 1500. The van der Waals surface area contributed by atoms with Crippen molar-refractivity contribution in [1.82, 2.24) is 14.8 Å². The van der Waals surface area contributed by atoms with Crippen molar-refractivity contribution < 1.29 is 19.0 Å². The third-order valence-corrected chi connectivity index (χ3v) is 5.96. The molecule has 0 amide bonds. The van der Waals surface area contributed by atoms with E-state index in [9.17, 15) is 14.3 Å². The zero-order chi connectivity index (χ0) is 23.8. The van der Waals surface area contributed by atoms with Crippen LogP contribution in [0.15, 0.2) is 60.8 Å². The van der Waals surface area contributed by atoms with Gasteiger partial charge in [-0.3, -0.25) is 9.89 Å². The van der Waals surface area contributed by atoms with E-state index in [4.69, 9.17) is 4.74 Å². The van der Waals surface area contributed by atoms with Crippen LogP contribution in [0.25, 0.3) is 38.6 Å². The lowest BCUT2D eigenvalue weighted by Crippen LogP contribution is -2.05. The van der Waals surface area contributed by atoms with Gasteiger partial charge in [-0.1, -0.05) is 19.9 Å². The molecule has 7 heteroatoms. The fourth-order valence-corrected chi connectivity index (χ4v) is 4.54. The van der Waals surface area contributed by atoms with Gasteiger partial charge in [0.1, 0.15) is 24.5 Å². The summed E-state index contributed by atoms with van der Waals surface area (Å²) in [5.41, 5.74) is 5.96. The number of nitrogens with zero attached hydrogens (tertiary/aromatic N) is 2. The van der Waals surface area contributed by atoms with Crippen LogP contribution in [-0.4, -0.2) is 39.4 Å². The van der Waals surface area contributed by atoms with Crippen molar-refractivity contribution in [3.8, 4) is 22.6 Å². The van der Waals surface area contributed by atoms with Crippen molar-refractivity contribution in [2.45, 2.75) is 19.8 Å². The number of aromatic nitrogens is 3. The molecule has 3 aromatic carbocycles. The number of fused-ring (bicyclic) bond motifs is 2. The molecule has 0 aliphatic rings. The number of rotatable bonds is 7. The minimum atomic E-state index is -0.298. The fraction of sp³-hybridized carbons (Fsp3) is 0.185. The second-order valence-corrected chi connectivity index (χ2v) is 8.50. The van der Waals surface area contributed by atoms with E-state index in [1.54, 1.807) is 30.5 Å². The Hall–Kier alpha value is -3.97. The average Bonchev–Trinajstić information content (AvgIpc) is 3.43. The topological polar surface area (TPSA) is 80.1 Å². The van der Waals surface area contributed by atoms with E-state index < -0.39 is 0 Å². The number of aromatic amines is 1. The quantitative estimate of drug-likeness (QED) is 0.311. The molecule has 2 heterocycles. The van der Waals surface area contributed by atoms with Crippen molar-refractivity contribution in [2.75, 3.05) is 13.2 Å². The van der Waals surface area contributed by atoms with E-state index in [0.29, 0.717) is 11.3 Å². The summed E-state index contributed by atoms with van der Waals surface area (Å²) in [6, 6.07) is 15.9. The Kier molecular flexibility index (Phi) is 5.63. The Morgan fingerprint density at radius 2 is 1.94 bits per heavy atom. The largest absolute Gasteiger partial charge is 0.491 e. The molecule has 0 radical (unpaired) electrons. The Balaban J connectivity index is 1.91. The molecule has 0 saturated heterocycles. The van der Waals surface area contributed by atoms with Gasteiger partial charge in [-0.05, 0) is 54.4 Å². The number of hydrogen-bond acceptors (Lipinski definition) is 4. The normalized spacial score (nSPS) is 11.6. The first-order valence-electron chi connectivity index (χ1n) is 11.1. The van der Waals surface area contributed by atoms with Crippen LogP contribution in [0.3, 0.4) is 0 Å². The standard InChI is InChI=1S/C27H24FN3O3/c1-16(2)27-26(21-8-3-17(15-33)11-25(21)34-10-9-32)22-13-23-18(14-29-30-23)12-24(22)31(27)20-6-4-19(28)5-7-20/h3-8,11-16,32H,9-10H2,1-2H3,(H,29,30). The van der Waals surface area contributed by atoms with E-state index in [1.807, 2.05) is 6.07 Å². The summed E-state index contributed by atoms with van der Waals surface area (Å²) in [4.78, 5) is 11.5. The average molecular weight is 458 g/mol. The SMILES string of the molecule is CC(C)c1c(-c2ccc(C=O)cc2OCCO)c2cc3[nH]ncc3cc2n1-c1ccc(F)cc1. The molecule has 0 saturated carbocycles. The number of aliphatic hydroxyl groups excluding tert-OH is 1. The molecule has 0 atom stereocenters. The highest BCUT2D eigenvalue weighted by atomic mass is 19.1. The molecule has 6 nitrogen and oxygen atoms in total. The lowest BCUT2D eigenvalue weighted by Gasteiger charge is -2.17. The molecule has 0 aliphatic heterocycles. The van der Waals surface area contributed by atoms with Crippen LogP contribution in [0.5, 0.6) is 5.75 Å². The summed E-state index contributed by atoms with van der Waals surface area (Å²) in [6.07, 6.45) is 2.55. The van der Waals surface area contributed by atoms with Gasteiger partial charge in [-0.2, -0.15) is 5.10 Å². The van der Waals surface area contributed by atoms with Gasteiger partial charge in [0, 0.05) is 38.8 Å². The number of aldehydes is 1. The van der Waals surface area contributed by atoms with Gasteiger partial charge < -0.3 is 14.4 Å². The number of benzene rings is 3. The third-order valence-electron chi connectivity index (χ3n) is 5.96. The fourth-order valence-electron chi connectivity index (χ4n) is 4.54. The number of carbonyl (C=O) groups excluding carboxylic acids is 1. The van der Waals surface area contributed by atoms with Gasteiger partial charge >= 0.3 is 0 Å². The summed E-state index contributed by atoms with van der Waals surface area (Å²) in [6.45, 7) is 4.18. The predicted octanol–water partition coefficient (Wildman–Crippen LogP) is 5.62. The van der Waals surface area contributed by atoms with Gasteiger partial charge in [0.2, 0.25) is 0 Å². The molecule has 0 unspecified atom stereocenters. The summed E-state index contributed by atoms with van der Waals surface area (Å²) in [5, 5.41) is 18.5. The van der Waals surface area contributed by atoms with Crippen LogP contribution in [0.1, 0.15) is 35.8 Å². The van der Waals surface area contributed by atoms with E-state index in [2.05, 4.69) is 40.7 Å². The van der Waals surface area contributed by atoms with Crippen LogP contribution in [0.4, 0.5) is 4.39 Å². The number of ether oxygens (including phenoxy) is 1. The van der Waals surface area contributed by atoms with Gasteiger partial charge in [0.25, 0.3) is 0 Å². The van der Waals surface area contributed by atoms with Gasteiger partial charge in [0.15, 0.2) is 0 Å². The smallest absolute Gasteiger partial charge is 0.150 e. The van der Waals surface area contributed by atoms with Crippen LogP contribution >= 0.6 is 0 Å². The van der Waals surface area contributed by atoms with E-state index in [-0.39, 0.29) is 24.9 Å². The van der Waals surface area contributed by atoms with Gasteiger partial charge in [-0.25, -0.2) is 4.39 Å². The Labute approximate surface area is 195 Å². The first kappa shape index (κ1) is 21.9. The molecule has 5 rings (SSSR count). The number of H-pyrrole nitrogens is 1. The summed E-state index contributed by atoms with van der Waals surface area (Å²) in [7, 11) is 0. The molecule has 0 bridgehead atoms. The zero-order valence-electron chi connectivity index (χ0n) is 18.9. The van der Waals surface area contributed by atoms with E-state index >= 15 is 0 Å². The number of nitrogens with one attached hydrogen (secondary N) is 1. The van der Waals surface area contributed by atoms with Crippen molar-refractivity contribution in [3.05, 3.63) is 77.9 Å². The molecule has 34 heavy (non-hydrogen) atoms. The highest BCUT2D eigenvalue weighted by Gasteiger charge is 2.25. The van der Waals surface area contributed by atoms with Crippen LogP contribution < -0.4 is 4.74 Å². The first-order chi connectivity index (χ1) is 16.5. The summed E-state index contributed by atoms with van der Waals surface area (Å²) in [5.74, 6) is 0.316. The minimum absolute atomic E-state index is 0.0976. The van der Waals surface area contributed by atoms with E-state index in [0.717, 1.165) is 50.6 Å². The van der Waals surface area contributed by atoms with Crippen LogP contribution in [0, 0.1) is 5.82 Å². The highest BCUT2D eigenvalue weighted by molar-refractivity contribution is 6.06. The van der Waals surface area contributed by atoms with Crippen molar-refractivity contribution in [2.24, 2.45) is 0 Å². The number of hydrogen-bond donors (Lipinski definition) is 2. The van der Waals surface area contributed by atoms with Crippen molar-refractivity contribution in [3.63, 3.8) is 0 Å². The first-order valence-corrected chi connectivity index (χ1v) is 11.1. The zero-order valence-corrected chi connectivity index (χ0v) is 18.9. The van der Waals surface area contributed by atoms with Crippen molar-refractivity contribution >= 4 is 28.1 Å². The predicted molar refractivity (Wildman–Crippen MR) is 130 cm³/mol. The second-order valence-electron chi connectivity index (χ2n) is 8.50. The molecule has 2 N–H and O–H groups in total. The maximum Gasteiger partial charge on any atom is 0.150 e.